The first kappa shape index (κ1) is 17.5. The Balaban J connectivity index is 1.54. The van der Waals surface area contributed by atoms with Crippen LogP contribution in [0.3, 0.4) is 0 Å². The zero-order valence-electron chi connectivity index (χ0n) is 14.3. The second-order valence-corrected chi connectivity index (χ2v) is 9.33. The SMILES string of the molecule is O=S(=O)(c1ccc(-c2ccn[nH]2)o1)N1CCCCC1CCc1cccs1. The summed E-state index contributed by atoms with van der Waals surface area (Å²) in [6.07, 6.45) is 6.22. The van der Waals surface area contributed by atoms with Crippen molar-refractivity contribution in [2.24, 2.45) is 0 Å². The van der Waals surface area contributed by atoms with Crippen molar-refractivity contribution in [3.05, 3.63) is 46.8 Å². The van der Waals surface area contributed by atoms with E-state index in [1.54, 1.807) is 34.0 Å². The molecule has 3 aromatic heterocycles. The van der Waals surface area contributed by atoms with E-state index >= 15 is 0 Å². The Morgan fingerprint density at radius 3 is 2.96 bits per heavy atom. The van der Waals surface area contributed by atoms with Gasteiger partial charge in [-0.25, -0.2) is 8.42 Å². The van der Waals surface area contributed by atoms with Gasteiger partial charge >= 0.3 is 0 Å². The molecule has 4 rings (SSSR count). The highest BCUT2D eigenvalue weighted by molar-refractivity contribution is 7.89. The van der Waals surface area contributed by atoms with Crippen LogP contribution >= 0.6 is 11.3 Å². The van der Waals surface area contributed by atoms with Gasteiger partial charge in [0.2, 0.25) is 5.09 Å². The normalized spacial score (nSPS) is 19.0. The predicted molar refractivity (Wildman–Crippen MR) is 100 cm³/mol. The minimum absolute atomic E-state index is 0.00474. The molecular formula is C18H21N3O3S2. The predicted octanol–water partition coefficient (Wildman–Crippen LogP) is 3.91. The molecule has 0 aromatic carbocycles. The van der Waals surface area contributed by atoms with Crippen molar-refractivity contribution in [1.29, 1.82) is 0 Å². The van der Waals surface area contributed by atoms with Crippen LogP contribution in [0.15, 0.2) is 51.4 Å². The second-order valence-electron chi connectivity index (χ2n) is 6.47. The van der Waals surface area contributed by atoms with Gasteiger partial charge in [0.15, 0.2) is 5.76 Å². The summed E-state index contributed by atoms with van der Waals surface area (Å²) in [7, 11) is -3.64. The topological polar surface area (TPSA) is 79.2 Å². The molecule has 1 aliphatic rings. The van der Waals surface area contributed by atoms with Crippen LogP contribution in [0, 0.1) is 0 Å². The lowest BCUT2D eigenvalue weighted by atomic mass is 10.0. The minimum Gasteiger partial charge on any atom is -0.442 e. The third kappa shape index (κ3) is 3.49. The number of H-pyrrole nitrogens is 1. The standard InChI is InChI=1S/C18H21N3O3S2/c22-26(23,18-9-8-17(24-18)16-10-11-19-20-16)21-12-2-1-4-14(21)6-7-15-5-3-13-25-15/h3,5,8-11,13-14H,1-2,4,6-7,12H2,(H,19,20). The number of aryl methyl sites for hydroxylation is 1. The van der Waals surface area contributed by atoms with Crippen molar-refractivity contribution < 1.29 is 12.8 Å². The summed E-state index contributed by atoms with van der Waals surface area (Å²) in [6.45, 7) is 0.553. The molecule has 0 aliphatic carbocycles. The molecule has 0 amide bonds. The molecule has 3 aromatic rings. The number of furan rings is 1. The lowest BCUT2D eigenvalue weighted by Gasteiger charge is -2.34. The molecule has 1 unspecified atom stereocenters. The fourth-order valence-corrected chi connectivity index (χ4v) is 5.82. The van der Waals surface area contributed by atoms with Gasteiger partial charge in [-0.1, -0.05) is 12.5 Å². The number of aromatic amines is 1. The van der Waals surface area contributed by atoms with E-state index in [9.17, 15) is 8.42 Å². The molecule has 26 heavy (non-hydrogen) atoms. The average molecular weight is 392 g/mol. The molecule has 4 heterocycles. The van der Waals surface area contributed by atoms with Crippen LogP contribution in [0.4, 0.5) is 0 Å². The fourth-order valence-electron chi connectivity index (χ4n) is 3.45. The van der Waals surface area contributed by atoms with E-state index in [0.29, 0.717) is 18.0 Å². The number of nitrogens with one attached hydrogen (secondary N) is 1. The first-order valence-corrected chi connectivity index (χ1v) is 11.1. The Kier molecular flexibility index (Phi) is 4.97. The van der Waals surface area contributed by atoms with E-state index < -0.39 is 10.0 Å². The van der Waals surface area contributed by atoms with Gasteiger partial charge in [-0.3, -0.25) is 5.10 Å². The maximum atomic E-state index is 13.2. The number of sulfonamides is 1. The van der Waals surface area contributed by atoms with Crippen LogP contribution in [-0.4, -0.2) is 35.5 Å². The molecule has 1 saturated heterocycles. The lowest BCUT2D eigenvalue weighted by Crippen LogP contribution is -2.43. The molecule has 6 nitrogen and oxygen atoms in total. The van der Waals surface area contributed by atoms with E-state index in [2.05, 4.69) is 21.6 Å². The maximum Gasteiger partial charge on any atom is 0.276 e. The molecule has 0 bridgehead atoms. The van der Waals surface area contributed by atoms with Crippen LogP contribution < -0.4 is 0 Å². The van der Waals surface area contributed by atoms with Crippen molar-refractivity contribution in [2.45, 2.75) is 43.2 Å². The molecule has 0 spiro atoms. The Morgan fingerprint density at radius 2 is 2.19 bits per heavy atom. The summed E-state index contributed by atoms with van der Waals surface area (Å²) in [5.74, 6) is 0.480. The smallest absolute Gasteiger partial charge is 0.276 e. The van der Waals surface area contributed by atoms with Gasteiger partial charge in [0.05, 0.1) is 0 Å². The Hall–Kier alpha value is -1.90. The Morgan fingerprint density at radius 1 is 1.27 bits per heavy atom. The number of thiophene rings is 1. The van der Waals surface area contributed by atoms with E-state index in [0.717, 1.165) is 32.1 Å². The van der Waals surface area contributed by atoms with Crippen molar-refractivity contribution in [1.82, 2.24) is 14.5 Å². The van der Waals surface area contributed by atoms with Crippen LogP contribution in [0.1, 0.15) is 30.6 Å². The quantitative estimate of drug-likeness (QED) is 0.691. The highest BCUT2D eigenvalue weighted by atomic mass is 32.2. The molecule has 0 saturated carbocycles. The molecule has 1 atom stereocenters. The summed E-state index contributed by atoms with van der Waals surface area (Å²) in [6, 6.07) is 9.13. The van der Waals surface area contributed by atoms with Crippen LogP contribution in [-0.2, 0) is 16.4 Å². The van der Waals surface area contributed by atoms with E-state index in [4.69, 9.17) is 4.42 Å². The number of aromatic nitrogens is 2. The molecule has 1 N–H and O–H groups in total. The highest BCUT2D eigenvalue weighted by Crippen LogP contribution is 2.31. The number of hydrogen-bond donors (Lipinski definition) is 1. The number of rotatable bonds is 6. The maximum absolute atomic E-state index is 13.2. The fraction of sp³-hybridized carbons (Fsp3) is 0.389. The first-order valence-electron chi connectivity index (χ1n) is 8.78. The lowest BCUT2D eigenvalue weighted by molar-refractivity contribution is 0.236. The van der Waals surface area contributed by atoms with Gasteiger partial charge in [0.25, 0.3) is 10.0 Å². The van der Waals surface area contributed by atoms with Gasteiger partial charge in [0.1, 0.15) is 5.69 Å². The molecule has 1 fully saturated rings. The highest BCUT2D eigenvalue weighted by Gasteiger charge is 2.35. The van der Waals surface area contributed by atoms with E-state index in [1.807, 2.05) is 6.07 Å². The molecule has 1 aliphatic heterocycles. The van der Waals surface area contributed by atoms with Gasteiger partial charge in [0, 0.05) is 23.7 Å². The Labute approximate surface area is 156 Å². The van der Waals surface area contributed by atoms with Gasteiger partial charge in [-0.15, -0.1) is 11.3 Å². The minimum atomic E-state index is -3.64. The molecule has 0 radical (unpaired) electrons. The second kappa shape index (κ2) is 7.38. The summed E-state index contributed by atoms with van der Waals surface area (Å²) < 4.78 is 33.6. The van der Waals surface area contributed by atoms with Gasteiger partial charge in [-0.2, -0.15) is 9.40 Å². The van der Waals surface area contributed by atoms with E-state index in [-0.39, 0.29) is 11.1 Å². The average Bonchev–Trinajstić information content (AvgIpc) is 3.42. The summed E-state index contributed by atoms with van der Waals surface area (Å²) in [5.41, 5.74) is 0.666. The third-order valence-corrected chi connectivity index (χ3v) is 7.55. The zero-order chi connectivity index (χ0) is 18.0. The first-order chi connectivity index (χ1) is 12.6. The molecule has 138 valence electrons. The zero-order valence-corrected chi connectivity index (χ0v) is 15.9. The van der Waals surface area contributed by atoms with Crippen LogP contribution in [0.25, 0.3) is 11.5 Å². The van der Waals surface area contributed by atoms with Crippen molar-refractivity contribution in [3.63, 3.8) is 0 Å². The summed E-state index contributed by atoms with van der Waals surface area (Å²) in [5, 5.41) is 8.73. The Bertz CT molecular complexity index is 930. The third-order valence-electron chi connectivity index (χ3n) is 4.79. The van der Waals surface area contributed by atoms with Crippen LogP contribution in [0.5, 0.6) is 0 Å². The number of nitrogens with zero attached hydrogens (tertiary/aromatic N) is 2. The number of hydrogen-bond acceptors (Lipinski definition) is 5. The van der Waals surface area contributed by atoms with Crippen molar-refractivity contribution >= 4 is 21.4 Å². The summed E-state index contributed by atoms with van der Waals surface area (Å²) >= 11 is 1.72. The van der Waals surface area contributed by atoms with Gasteiger partial charge < -0.3 is 4.42 Å². The summed E-state index contributed by atoms with van der Waals surface area (Å²) in [4.78, 5) is 1.30. The van der Waals surface area contributed by atoms with Crippen LogP contribution in [0.2, 0.25) is 0 Å². The molecule has 8 heteroatoms. The monoisotopic (exact) mass is 391 g/mol. The van der Waals surface area contributed by atoms with Gasteiger partial charge in [-0.05, 0) is 55.3 Å². The van der Waals surface area contributed by atoms with E-state index in [1.165, 1.54) is 10.9 Å². The van der Waals surface area contributed by atoms with Crippen molar-refractivity contribution in [2.75, 3.05) is 6.54 Å². The van der Waals surface area contributed by atoms with Crippen molar-refractivity contribution in [3.8, 4) is 11.5 Å². The largest absolute Gasteiger partial charge is 0.442 e. The number of piperidine rings is 1. The molecular weight excluding hydrogens is 370 g/mol.